The molecule has 2 atom stereocenters. The fourth-order valence-electron chi connectivity index (χ4n) is 2.25. The molecule has 1 fully saturated rings. The SMILES string of the molecule is CC(C)[C@@H]1OC(=O)[C@H](Cc2ccccc2)N(C)C1=O. The van der Waals surface area contributed by atoms with E-state index in [4.69, 9.17) is 4.74 Å². The second kappa shape index (κ2) is 5.43. The van der Waals surface area contributed by atoms with Crippen LogP contribution in [-0.2, 0) is 20.7 Å². The molecule has 4 nitrogen and oxygen atoms in total. The summed E-state index contributed by atoms with van der Waals surface area (Å²) in [5.41, 5.74) is 1.02. The van der Waals surface area contributed by atoms with E-state index in [1.54, 1.807) is 7.05 Å². The predicted molar refractivity (Wildman–Crippen MR) is 71.4 cm³/mol. The lowest BCUT2D eigenvalue weighted by atomic mass is 9.99. The maximum absolute atomic E-state index is 12.2. The largest absolute Gasteiger partial charge is 0.450 e. The Bertz CT molecular complexity index is 470. The van der Waals surface area contributed by atoms with Crippen LogP contribution in [0.3, 0.4) is 0 Å². The highest BCUT2D eigenvalue weighted by Crippen LogP contribution is 2.21. The Kier molecular flexibility index (Phi) is 3.88. The van der Waals surface area contributed by atoms with Crippen molar-refractivity contribution in [3.8, 4) is 0 Å². The van der Waals surface area contributed by atoms with E-state index in [2.05, 4.69) is 0 Å². The number of amides is 1. The molecule has 4 heteroatoms. The van der Waals surface area contributed by atoms with Crippen molar-refractivity contribution in [2.75, 3.05) is 7.05 Å². The Balaban J connectivity index is 2.15. The first kappa shape index (κ1) is 13.6. The molecule has 0 N–H and O–H groups in total. The molecule has 1 aromatic carbocycles. The molecule has 0 saturated carbocycles. The maximum atomic E-state index is 12.2. The second-order valence-corrected chi connectivity index (χ2v) is 5.26. The van der Waals surface area contributed by atoms with Crippen LogP contribution in [0.2, 0.25) is 0 Å². The summed E-state index contributed by atoms with van der Waals surface area (Å²) in [6.45, 7) is 3.75. The standard InChI is InChI=1S/C15H19NO3/c1-10(2)13-14(17)16(3)12(15(18)19-13)9-11-7-5-4-6-8-11/h4-8,10,12-13H,9H2,1-3H3/t12-,13-/m0/s1. The number of likely N-dealkylation sites (N-methyl/N-ethyl adjacent to an activating group) is 1. The molecule has 19 heavy (non-hydrogen) atoms. The summed E-state index contributed by atoms with van der Waals surface area (Å²) in [6.07, 6.45) is -0.156. The van der Waals surface area contributed by atoms with Crippen molar-refractivity contribution in [2.45, 2.75) is 32.4 Å². The van der Waals surface area contributed by atoms with Crippen molar-refractivity contribution >= 4 is 11.9 Å². The van der Waals surface area contributed by atoms with E-state index in [1.807, 2.05) is 44.2 Å². The third kappa shape index (κ3) is 2.78. The van der Waals surface area contributed by atoms with E-state index in [1.165, 1.54) is 4.90 Å². The zero-order valence-corrected chi connectivity index (χ0v) is 11.5. The number of hydrogen-bond acceptors (Lipinski definition) is 3. The molecule has 0 aliphatic carbocycles. The normalized spacial score (nSPS) is 23.7. The van der Waals surface area contributed by atoms with Crippen LogP contribution in [0.1, 0.15) is 19.4 Å². The molecular weight excluding hydrogens is 242 g/mol. The number of benzene rings is 1. The molecule has 0 unspecified atom stereocenters. The summed E-state index contributed by atoms with van der Waals surface area (Å²) in [7, 11) is 1.67. The molecule has 2 rings (SSSR count). The molecule has 0 bridgehead atoms. The van der Waals surface area contributed by atoms with Crippen molar-refractivity contribution in [3.63, 3.8) is 0 Å². The van der Waals surface area contributed by atoms with Gasteiger partial charge in [0, 0.05) is 13.5 Å². The maximum Gasteiger partial charge on any atom is 0.329 e. The number of nitrogens with zero attached hydrogens (tertiary/aromatic N) is 1. The van der Waals surface area contributed by atoms with Gasteiger partial charge in [-0.25, -0.2) is 4.79 Å². The van der Waals surface area contributed by atoms with Crippen molar-refractivity contribution in [2.24, 2.45) is 5.92 Å². The smallest absolute Gasteiger partial charge is 0.329 e. The minimum Gasteiger partial charge on any atom is -0.450 e. The van der Waals surface area contributed by atoms with E-state index < -0.39 is 12.1 Å². The molecule has 1 saturated heterocycles. The van der Waals surface area contributed by atoms with Gasteiger partial charge in [0.05, 0.1) is 0 Å². The van der Waals surface area contributed by atoms with Gasteiger partial charge >= 0.3 is 5.97 Å². The van der Waals surface area contributed by atoms with Crippen LogP contribution in [0.15, 0.2) is 30.3 Å². The number of cyclic esters (lactones) is 1. The van der Waals surface area contributed by atoms with Crippen molar-refractivity contribution in [3.05, 3.63) is 35.9 Å². The van der Waals surface area contributed by atoms with Crippen LogP contribution in [0.5, 0.6) is 0 Å². The summed E-state index contributed by atoms with van der Waals surface area (Å²) in [4.78, 5) is 25.7. The third-order valence-electron chi connectivity index (χ3n) is 3.45. The Morgan fingerprint density at radius 2 is 1.84 bits per heavy atom. The summed E-state index contributed by atoms with van der Waals surface area (Å²) in [6, 6.07) is 9.13. The first-order valence-corrected chi connectivity index (χ1v) is 6.51. The Labute approximate surface area is 113 Å². The molecule has 1 aliphatic rings. The Morgan fingerprint density at radius 1 is 1.21 bits per heavy atom. The number of carbonyl (C=O) groups is 2. The van der Waals surface area contributed by atoms with Crippen LogP contribution in [0.25, 0.3) is 0 Å². The molecular formula is C15H19NO3. The van der Waals surface area contributed by atoms with Gasteiger partial charge in [-0.3, -0.25) is 4.79 Å². The monoisotopic (exact) mass is 261 g/mol. The van der Waals surface area contributed by atoms with Crippen LogP contribution in [0, 0.1) is 5.92 Å². The lowest BCUT2D eigenvalue weighted by Crippen LogP contribution is -2.56. The molecule has 0 spiro atoms. The molecule has 1 aliphatic heterocycles. The average Bonchev–Trinajstić information content (AvgIpc) is 2.40. The van der Waals surface area contributed by atoms with Gasteiger partial charge in [0.15, 0.2) is 6.10 Å². The van der Waals surface area contributed by atoms with E-state index in [-0.39, 0.29) is 17.8 Å². The van der Waals surface area contributed by atoms with Crippen LogP contribution >= 0.6 is 0 Å². The van der Waals surface area contributed by atoms with Gasteiger partial charge in [-0.1, -0.05) is 44.2 Å². The average molecular weight is 261 g/mol. The summed E-state index contributed by atoms with van der Waals surface area (Å²) >= 11 is 0. The number of rotatable bonds is 3. The van der Waals surface area contributed by atoms with Gasteiger partial charge in [-0.15, -0.1) is 0 Å². The van der Waals surface area contributed by atoms with Gasteiger partial charge < -0.3 is 9.64 Å². The molecule has 0 radical (unpaired) electrons. The highest BCUT2D eigenvalue weighted by Gasteiger charge is 2.41. The lowest BCUT2D eigenvalue weighted by molar-refractivity contribution is -0.179. The minimum absolute atomic E-state index is 0.00317. The van der Waals surface area contributed by atoms with Crippen LogP contribution in [-0.4, -0.2) is 36.0 Å². The molecule has 1 heterocycles. The summed E-state index contributed by atoms with van der Waals surface area (Å²) < 4.78 is 5.29. The topological polar surface area (TPSA) is 46.6 Å². The number of hydrogen-bond donors (Lipinski definition) is 0. The Morgan fingerprint density at radius 3 is 2.42 bits per heavy atom. The van der Waals surface area contributed by atoms with Crippen LogP contribution in [0.4, 0.5) is 0 Å². The zero-order chi connectivity index (χ0) is 14.0. The number of esters is 1. The number of carbonyl (C=O) groups excluding carboxylic acids is 2. The van der Waals surface area contributed by atoms with Gasteiger partial charge in [-0.05, 0) is 11.5 Å². The van der Waals surface area contributed by atoms with Gasteiger partial charge in [0.1, 0.15) is 6.04 Å². The van der Waals surface area contributed by atoms with Gasteiger partial charge in [0.2, 0.25) is 0 Å². The van der Waals surface area contributed by atoms with E-state index in [0.717, 1.165) is 5.56 Å². The summed E-state index contributed by atoms with van der Waals surface area (Å²) in [5.74, 6) is -0.434. The fourth-order valence-corrected chi connectivity index (χ4v) is 2.25. The highest BCUT2D eigenvalue weighted by atomic mass is 16.6. The van der Waals surface area contributed by atoms with E-state index >= 15 is 0 Å². The highest BCUT2D eigenvalue weighted by molar-refractivity contribution is 5.92. The van der Waals surface area contributed by atoms with Crippen LogP contribution < -0.4 is 0 Å². The van der Waals surface area contributed by atoms with Crippen molar-refractivity contribution < 1.29 is 14.3 Å². The predicted octanol–water partition coefficient (Wildman–Crippen LogP) is 1.64. The van der Waals surface area contributed by atoms with Gasteiger partial charge in [-0.2, -0.15) is 0 Å². The first-order valence-electron chi connectivity index (χ1n) is 6.51. The second-order valence-electron chi connectivity index (χ2n) is 5.26. The van der Waals surface area contributed by atoms with Crippen molar-refractivity contribution in [1.82, 2.24) is 4.90 Å². The van der Waals surface area contributed by atoms with E-state index in [0.29, 0.717) is 6.42 Å². The van der Waals surface area contributed by atoms with Gasteiger partial charge in [0.25, 0.3) is 5.91 Å². The van der Waals surface area contributed by atoms with Crippen molar-refractivity contribution in [1.29, 1.82) is 0 Å². The Hall–Kier alpha value is -1.84. The third-order valence-corrected chi connectivity index (χ3v) is 3.45. The van der Waals surface area contributed by atoms with E-state index in [9.17, 15) is 9.59 Å². The molecule has 0 aromatic heterocycles. The number of ether oxygens (including phenoxy) is 1. The summed E-state index contributed by atoms with van der Waals surface area (Å²) in [5, 5.41) is 0. The first-order chi connectivity index (χ1) is 9.00. The fraction of sp³-hybridized carbons (Fsp3) is 0.467. The quantitative estimate of drug-likeness (QED) is 0.777. The zero-order valence-electron chi connectivity index (χ0n) is 11.5. The number of morpholine rings is 1. The molecule has 1 aromatic rings. The molecule has 102 valence electrons. The minimum atomic E-state index is -0.649. The molecule has 1 amide bonds. The lowest BCUT2D eigenvalue weighted by Gasteiger charge is -2.37.